The first kappa shape index (κ1) is 41.4. The second-order valence-corrected chi connectivity index (χ2v) is 19.6. The van der Waals surface area contributed by atoms with Gasteiger partial charge in [-0.05, 0) is 140 Å². The molecule has 1 aromatic heterocycles. The minimum absolute atomic E-state index is 0.101. The molecular formula is C62H60N2. The van der Waals surface area contributed by atoms with Crippen LogP contribution in [0.1, 0.15) is 90.3 Å². The smallest absolute Gasteiger partial charge is 0.0541 e. The van der Waals surface area contributed by atoms with Crippen molar-refractivity contribution in [2.24, 2.45) is 11.3 Å². The number of hydrogen-bond donors (Lipinski definition) is 0. The second-order valence-electron chi connectivity index (χ2n) is 19.6. The van der Waals surface area contributed by atoms with Crippen LogP contribution in [0.2, 0.25) is 0 Å². The third kappa shape index (κ3) is 7.33. The van der Waals surface area contributed by atoms with E-state index in [9.17, 15) is 0 Å². The summed E-state index contributed by atoms with van der Waals surface area (Å²) in [5.41, 5.74) is 19.0. The minimum atomic E-state index is -0.101. The number of anilines is 3. The summed E-state index contributed by atoms with van der Waals surface area (Å²) >= 11 is 0. The van der Waals surface area contributed by atoms with Crippen LogP contribution in [0, 0.1) is 11.3 Å². The fourth-order valence-corrected chi connectivity index (χ4v) is 10.5. The van der Waals surface area contributed by atoms with Gasteiger partial charge in [0.25, 0.3) is 0 Å². The van der Waals surface area contributed by atoms with Crippen LogP contribution < -0.4 is 4.90 Å². The Morgan fingerprint density at radius 3 is 1.73 bits per heavy atom. The van der Waals surface area contributed by atoms with Crippen LogP contribution in [0.5, 0.6) is 0 Å². The predicted molar refractivity (Wildman–Crippen MR) is 275 cm³/mol. The van der Waals surface area contributed by atoms with Gasteiger partial charge in [-0.15, -0.1) is 0 Å². The lowest BCUT2D eigenvalue weighted by Crippen LogP contribution is -2.19. The van der Waals surface area contributed by atoms with Crippen molar-refractivity contribution in [1.82, 2.24) is 4.57 Å². The Morgan fingerprint density at radius 2 is 1.06 bits per heavy atom. The molecule has 2 heteroatoms. The Labute approximate surface area is 380 Å². The number of hydrogen-bond acceptors (Lipinski definition) is 1. The average molecular weight is 833 g/mol. The van der Waals surface area contributed by atoms with Gasteiger partial charge in [-0.25, -0.2) is 0 Å². The highest BCUT2D eigenvalue weighted by Gasteiger charge is 2.36. The molecule has 1 aliphatic rings. The molecule has 1 heterocycles. The molecule has 2 unspecified atom stereocenters. The largest absolute Gasteiger partial charge is 0.310 e. The normalized spacial score (nSPS) is 14.0. The molecule has 2 nitrogen and oxygen atoms in total. The number of para-hydroxylation sites is 2. The maximum atomic E-state index is 2.43. The molecule has 10 rings (SSSR count). The van der Waals surface area contributed by atoms with Crippen LogP contribution >= 0.6 is 0 Å². The molecule has 0 N–H and O–H groups in total. The van der Waals surface area contributed by atoms with Crippen molar-refractivity contribution in [2.45, 2.75) is 79.1 Å². The zero-order valence-corrected chi connectivity index (χ0v) is 38.6. The van der Waals surface area contributed by atoms with E-state index in [1.54, 1.807) is 0 Å². The van der Waals surface area contributed by atoms with Gasteiger partial charge in [0.1, 0.15) is 0 Å². The van der Waals surface area contributed by atoms with Crippen molar-refractivity contribution in [3.63, 3.8) is 0 Å². The zero-order valence-electron chi connectivity index (χ0n) is 38.6. The van der Waals surface area contributed by atoms with E-state index in [2.05, 4.69) is 246 Å². The van der Waals surface area contributed by atoms with E-state index in [-0.39, 0.29) is 5.41 Å². The first-order valence-corrected chi connectivity index (χ1v) is 23.5. The summed E-state index contributed by atoms with van der Waals surface area (Å²) in [6.07, 6.45) is 3.60. The SMILES string of the molecule is CCC(C)C(CC(C)(C)CC)c1ccc(-c2ccc(N(c3ccc(-c4ccc5c(c4)c4ccccc4n5-c4ccccc4)cc3)c3ccc4c(c3)C(C)(C)c3ccccc3-4)cc2)cc1. The summed E-state index contributed by atoms with van der Waals surface area (Å²) in [6.45, 7) is 16.7. The van der Waals surface area contributed by atoms with Gasteiger partial charge < -0.3 is 9.47 Å². The summed E-state index contributed by atoms with van der Waals surface area (Å²) in [6, 6.07) is 70.2. The van der Waals surface area contributed by atoms with E-state index < -0.39 is 0 Å². The number of rotatable bonds is 12. The Balaban J connectivity index is 1.01. The van der Waals surface area contributed by atoms with Crippen LogP contribution in [0.25, 0.3) is 60.9 Å². The molecule has 0 spiro atoms. The van der Waals surface area contributed by atoms with Crippen molar-refractivity contribution in [3.05, 3.63) is 205 Å². The first-order valence-electron chi connectivity index (χ1n) is 23.5. The molecule has 0 fully saturated rings. The first-order chi connectivity index (χ1) is 31.0. The standard InChI is InChI=1S/C62H60N2/c1-8-42(3)56(41-61(4,5)9-2)46-25-23-43(24-26-46)44-27-32-49(33-28-44)63(51-36-37-53-52-19-13-15-21-57(52)62(6,7)58(53)40-51)50-34-29-45(30-35-50)47-31-38-60-55(39-47)54-20-14-16-22-59(54)64(60)48-17-11-10-12-18-48/h10-40,42,56H,8-9,41H2,1-7H3. The van der Waals surface area contributed by atoms with Gasteiger partial charge in [-0.2, -0.15) is 0 Å². The lowest BCUT2D eigenvalue weighted by Gasteiger charge is -2.32. The number of nitrogens with zero attached hydrogens (tertiary/aromatic N) is 2. The molecule has 64 heavy (non-hydrogen) atoms. The van der Waals surface area contributed by atoms with Crippen LogP contribution in [-0.4, -0.2) is 4.57 Å². The molecule has 0 aliphatic heterocycles. The lowest BCUT2D eigenvalue weighted by atomic mass is 9.73. The van der Waals surface area contributed by atoms with Crippen molar-refractivity contribution in [1.29, 1.82) is 0 Å². The van der Waals surface area contributed by atoms with E-state index in [4.69, 9.17) is 0 Å². The van der Waals surface area contributed by atoms with Crippen LogP contribution in [0.15, 0.2) is 188 Å². The van der Waals surface area contributed by atoms with Crippen molar-refractivity contribution in [2.75, 3.05) is 4.90 Å². The lowest BCUT2D eigenvalue weighted by molar-refractivity contribution is 0.255. The highest BCUT2D eigenvalue weighted by Crippen LogP contribution is 2.51. The second kappa shape index (κ2) is 16.5. The molecule has 0 saturated carbocycles. The van der Waals surface area contributed by atoms with Gasteiger partial charge in [-0.3, -0.25) is 0 Å². The Morgan fingerprint density at radius 1 is 0.516 bits per heavy atom. The molecule has 2 atom stereocenters. The number of aromatic nitrogens is 1. The predicted octanol–water partition coefficient (Wildman–Crippen LogP) is 17.8. The van der Waals surface area contributed by atoms with Crippen molar-refractivity contribution in [3.8, 4) is 39.1 Å². The summed E-state index contributed by atoms with van der Waals surface area (Å²) in [5, 5.41) is 2.52. The van der Waals surface area contributed by atoms with Gasteiger partial charge in [0.05, 0.1) is 11.0 Å². The summed E-state index contributed by atoms with van der Waals surface area (Å²) < 4.78 is 2.38. The molecule has 8 aromatic carbocycles. The molecule has 0 saturated heterocycles. The average Bonchev–Trinajstić information content (AvgIpc) is 3.79. The van der Waals surface area contributed by atoms with E-state index >= 15 is 0 Å². The summed E-state index contributed by atoms with van der Waals surface area (Å²) in [5.74, 6) is 1.21. The van der Waals surface area contributed by atoms with Crippen LogP contribution in [0.3, 0.4) is 0 Å². The van der Waals surface area contributed by atoms with E-state index in [1.807, 2.05) is 0 Å². The maximum Gasteiger partial charge on any atom is 0.0541 e. The monoisotopic (exact) mass is 832 g/mol. The molecule has 1 aliphatic carbocycles. The van der Waals surface area contributed by atoms with E-state index in [0.717, 1.165) is 17.1 Å². The summed E-state index contributed by atoms with van der Waals surface area (Å²) in [4.78, 5) is 2.43. The Kier molecular flexibility index (Phi) is 10.7. The van der Waals surface area contributed by atoms with E-state index in [0.29, 0.717) is 17.3 Å². The molecule has 318 valence electrons. The number of benzene rings is 8. The fourth-order valence-electron chi connectivity index (χ4n) is 10.5. The van der Waals surface area contributed by atoms with E-state index in [1.165, 1.54) is 96.8 Å². The van der Waals surface area contributed by atoms with Crippen molar-refractivity contribution < 1.29 is 0 Å². The summed E-state index contributed by atoms with van der Waals surface area (Å²) in [7, 11) is 0. The molecule has 0 bridgehead atoms. The van der Waals surface area contributed by atoms with Crippen LogP contribution in [-0.2, 0) is 5.41 Å². The molecular weight excluding hydrogens is 773 g/mol. The quantitative estimate of drug-likeness (QED) is 0.119. The number of fused-ring (bicyclic) bond motifs is 6. The minimum Gasteiger partial charge on any atom is -0.310 e. The van der Waals surface area contributed by atoms with Crippen LogP contribution in [0.4, 0.5) is 17.1 Å². The highest BCUT2D eigenvalue weighted by molar-refractivity contribution is 6.10. The highest BCUT2D eigenvalue weighted by atomic mass is 15.1. The van der Waals surface area contributed by atoms with Crippen molar-refractivity contribution >= 4 is 38.9 Å². The zero-order chi connectivity index (χ0) is 44.2. The van der Waals surface area contributed by atoms with Gasteiger partial charge in [0.2, 0.25) is 0 Å². The topological polar surface area (TPSA) is 8.17 Å². The Bertz CT molecular complexity index is 3090. The molecule has 9 aromatic rings. The van der Waals surface area contributed by atoms with Gasteiger partial charge in [0.15, 0.2) is 0 Å². The Hall–Kier alpha value is -6.64. The van der Waals surface area contributed by atoms with Gasteiger partial charge in [0, 0.05) is 38.9 Å². The molecule has 0 amide bonds. The third-order valence-electron chi connectivity index (χ3n) is 14.8. The van der Waals surface area contributed by atoms with Gasteiger partial charge >= 0.3 is 0 Å². The maximum absolute atomic E-state index is 2.43. The third-order valence-corrected chi connectivity index (χ3v) is 14.8. The fraction of sp³-hybridized carbons (Fsp3) is 0.226. The molecule has 0 radical (unpaired) electrons. The van der Waals surface area contributed by atoms with Gasteiger partial charge in [-0.1, -0.05) is 183 Å².